The molecule has 15 nitrogen and oxygen atoms in total. The van der Waals surface area contributed by atoms with Crippen LogP contribution >= 0.6 is 0 Å². The van der Waals surface area contributed by atoms with Gasteiger partial charge in [0.1, 0.15) is 35.9 Å². The molecular formula is C38H44O15. The van der Waals surface area contributed by atoms with Crippen LogP contribution in [-0.4, -0.2) is 123 Å². The first-order valence-electron chi connectivity index (χ1n) is 18.0. The smallest absolute Gasteiger partial charge is 0.276 e. The Morgan fingerprint density at radius 2 is 1.64 bits per heavy atom. The van der Waals surface area contributed by atoms with Crippen LogP contribution in [0, 0.1) is 6.92 Å². The Labute approximate surface area is 304 Å². The third kappa shape index (κ3) is 4.55. The minimum atomic E-state index is -1.62. The van der Waals surface area contributed by atoms with Crippen LogP contribution in [0.4, 0.5) is 0 Å². The van der Waals surface area contributed by atoms with Gasteiger partial charge in [0.2, 0.25) is 17.2 Å². The summed E-state index contributed by atoms with van der Waals surface area (Å²) in [4.78, 5) is 27.8. The molecular weight excluding hydrogens is 696 g/mol. The van der Waals surface area contributed by atoms with Crippen molar-refractivity contribution in [3.8, 4) is 11.5 Å². The van der Waals surface area contributed by atoms with Gasteiger partial charge in [-0.2, -0.15) is 0 Å². The monoisotopic (exact) mass is 740 g/mol. The predicted molar refractivity (Wildman–Crippen MR) is 177 cm³/mol. The fraction of sp³-hybridized carbons (Fsp3) is 0.632. The zero-order valence-electron chi connectivity index (χ0n) is 30.4. The number of phenolic OH excluding ortho intramolecular Hbond substituents is 1. The molecule has 0 aromatic heterocycles. The highest BCUT2D eigenvalue weighted by molar-refractivity contribution is 6.30. The zero-order valence-corrected chi connectivity index (χ0v) is 30.4. The number of aryl methyl sites for hydroxylation is 1. The van der Waals surface area contributed by atoms with Crippen LogP contribution in [0.15, 0.2) is 24.3 Å². The molecule has 1 spiro atoms. The second-order valence-corrected chi connectivity index (χ2v) is 16.0. The Bertz CT molecular complexity index is 1920. The van der Waals surface area contributed by atoms with Gasteiger partial charge in [0, 0.05) is 36.6 Å². The number of methoxy groups -OCH3 is 1. The number of hydrogen-bond acceptors (Lipinski definition) is 15. The summed E-state index contributed by atoms with van der Waals surface area (Å²) in [6.45, 7) is 10.1. The molecule has 0 saturated carbocycles. The molecule has 14 atom stereocenters. The zero-order chi connectivity index (χ0) is 37.8. The molecule has 6 aliphatic heterocycles. The molecule has 13 unspecified atom stereocenters. The molecule has 4 N–H and O–H groups in total. The van der Waals surface area contributed by atoms with Crippen molar-refractivity contribution in [3.05, 3.63) is 57.6 Å². The van der Waals surface area contributed by atoms with Gasteiger partial charge in [-0.15, -0.1) is 0 Å². The van der Waals surface area contributed by atoms with E-state index < -0.39 is 95.3 Å². The van der Waals surface area contributed by atoms with Crippen LogP contribution in [0.25, 0.3) is 0 Å². The lowest BCUT2D eigenvalue weighted by molar-refractivity contribution is -0.360. The van der Waals surface area contributed by atoms with Gasteiger partial charge in [-0.05, 0) is 59.2 Å². The molecule has 2 bridgehead atoms. The third-order valence-corrected chi connectivity index (χ3v) is 12.4. The molecule has 2 aromatic carbocycles. The highest BCUT2D eigenvalue weighted by Crippen LogP contribution is 2.71. The summed E-state index contributed by atoms with van der Waals surface area (Å²) in [5, 5.41) is 43.4. The standard InChI is InChI=1S/C38H44O15/c1-15-11-20-26(28(41)25-19(27(20)40)9-8-10-21(25)39)29-24(15)30-33-38(45-7,51-29)36(14-46-36)37(52-30,53-33)18(4)49-22-13-35(6,44)32(17(3)48-22)50-23-12-34(5,43)31(42)16(2)47-23/h8-11,16-18,22-23,30-33,39,42-44H,12-14H2,1-7H3/t16?,17?,18?,22?,23?,30?,31?,32?,33?,34?,35?,36?,37-,38?/m1/s1. The molecule has 53 heavy (non-hydrogen) atoms. The van der Waals surface area contributed by atoms with Crippen LogP contribution in [0.2, 0.25) is 0 Å². The van der Waals surface area contributed by atoms with E-state index in [4.69, 9.17) is 42.6 Å². The maximum Gasteiger partial charge on any atom is 0.276 e. The van der Waals surface area contributed by atoms with E-state index in [-0.39, 0.29) is 53.2 Å². The molecule has 7 aliphatic rings. The number of hydrogen-bond donors (Lipinski definition) is 4. The predicted octanol–water partition coefficient (Wildman–Crippen LogP) is 2.07. The van der Waals surface area contributed by atoms with Crippen molar-refractivity contribution >= 4 is 11.6 Å². The first-order valence-corrected chi connectivity index (χ1v) is 18.0. The second-order valence-electron chi connectivity index (χ2n) is 16.0. The first kappa shape index (κ1) is 35.6. The van der Waals surface area contributed by atoms with Crippen molar-refractivity contribution in [1.29, 1.82) is 0 Å². The van der Waals surface area contributed by atoms with E-state index in [9.17, 15) is 30.0 Å². The molecule has 5 saturated heterocycles. The van der Waals surface area contributed by atoms with E-state index in [1.807, 2.05) is 0 Å². The summed E-state index contributed by atoms with van der Waals surface area (Å²) in [5.74, 6) is -4.40. The van der Waals surface area contributed by atoms with Crippen molar-refractivity contribution in [3.63, 3.8) is 0 Å². The highest BCUT2D eigenvalue weighted by Gasteiger charge is 2.92. The number of aromatic hydroxyl groups is 1. The van der Waals surface area contributed by atoms with Crippen LogP contribution in [0.1, 0.15) is 96.5 Å². The number of epoxide rings is 1. The van der Waals surface area contributed by atoms with Gasteiger partial charge in [0.25, 0.3) is 5.79 Å². The Kier molecular flexibility index (Phi) is 7.57. The van der Waals surface area contributed by atoms with E-state index in [0.29, 0.717) is 11.1 Å². The van der Waals surface area contributed by atoms with E-state index >= 15 is 0 Å². The molecule has 286 valence electrons. The van der Waals surface area contributed by atoms with Crippen molar-refractivity contribution in [2.45, 2.75) is 138 Å². The van der Waals surface area contributed by atoms with Crippen LogP contribution in [-0.2, 0) is 37.9 Å². The molecule has 5 fully saturated rings. The molecule has 15 heteroatoms. The van der Waals surface area contributed by atoms with Crippen molar-refractivity contribution < 1.29 is 72.6 Å². The van der Waals surface area contributed by atoms with Crippen LogP contribution < -0.4 is 4.74 Å². The lowest BCUT2D eigenvalue weighted by atomic mass is 9.75. The van der Waals surface area contributed by atoms with Gasteiger partial charge in [-0.3, -0.25) is 9.59 Å². The van der Waals surface area contributed by atoms with E-state index in [1.165, 1.54) is 32.2 Å². The second kappa shape index (κ2) is 11.3. The summed E-state index contributed by atoms with van der Waals surface area (Å²) in [7, 11) is 1.45. The number of ketones is 2. The van der Waals surface area contributed by atoms with Gasteiger partial charge in [0.15, 0.2) is 24.5 Å². The lowest BCUT2D eigenvalue weighted by Gasteiger charge is -2.51. The molecule has 2 aromatic rings. The fourth-order valence-electron chi connectivity index (χ4n) is 9.74. The summed E-state index contributed by atoms with van der Waals surface area (Å²) in [6, 6.07) is 6.02. The maximum absolute atomic E-state index is 14.1. The first-order chi connectivity index (χ1) is 24.9. The van der Waals surface area contributed by atoms with E-state index in [0.717, 1.165) is 0 Å². The summed E-state index contributed by atoms with van der Waals surface area (Å²) < 4.78 is 57.4. The number of ether oxygens (including phenoxy) is 9. The Hall–Kier alpha value is -3.06. The molecule has 6 heterocycles. The maximum atomic E-state index is 14.1. The number of carbonyl (C=O) groups is 2. The molecule has 1 aliphatic carbocycles. The van der Waals surface area contributed by atoms with Gasteiger partial charge < -0.3 is 63.1 Å². The Morgan fingerprint density at radius 1 is 0.943 bits per heavy atom. The number of aliphatic hydroxyl groups is 3. The number of fused-ring (bicyclic) bond motifs is 8. The van der Waals surface area contributed by atoms with Gasteiger partial charge in [0.05, 0.1) is 41.1 Å². The van der Waals surface area contributed by atoms with Crippen LogP contribution in [0.3, 0.4) is 0 Å². The minimum absolute atomic E-state index is 0.00375. The number of aliphatic hydroxyl groups excluding tert-OH is 1. The summed E-state index contributed by atoms with van der Waals surface area (Å²) >= 11 is 0. The quantitative estimate of drug-likeness (QED) is 0.268. The average Bonchev–Trinajstić information content (AvgIpc) is 3.73. The summed E-state index contributed by atoms with van der Waals surface area (Å²) in [6.07, 6.45) is -7.86. The highest BCUT2D eigenvalue weighted by atomic mass is 16.9. The third-order valence-electron chi connectivity index (χ3n) is 12.4. The van der Waals surface area contributed by atoms with Crippen molar-refractivity contribution in [1.82, 2.24) is 0 Å². The Balaban J connectivity index is 1.00. The number of rotatable bonds is 6. The normalized spacial score (nSPS) is 45.4. The van der Waals surface area contributed by atoms with Crippen molar-refractivity contribution in [2.24, 2.45) is 0 Å². The topological polar surface area (TPSA) is 201 Å². The molecule has 0 radical (unpaired) electrons. The lowest BCUT2D eigenvalue weighted by Crippen LogP contribution is -2.70. The Morgan fingerprint density at radius 3 is 2.30 bits per heavy atom. The molecule has 9 rings (SSSR count). The number of carbonyl (C=O) groups excluding carboxylic acids is 2. The van der Waals surface area contributed by atoms with E-state index in [2.05, 4.69) is 0 Å². The van der Waals surface area contributed by atoms with Gasteiger partial charge in [-0.25, -0.2) is 0 Å². The van der Waals surface area contributed by atoms with E-state index in [1.54, 1.807) is 40.7 Å². The molecule has 0 amide bonds. The van der Waals surface area contributed by atoms with Gasteiger partial charge >= 0.3 is 0 Å². The van der Waals surface area contributed by atoms with Crippen molar-refractivity contribution in [2.75, 3.05) is 13.7 Å². The largest absolute Gasteiger partial charge is 0.507 e. The minimum Gasteiger partial charge on any atom is -0.507 e. The fourth-order valence-corrected chi connectivity index (χ4v) is 9.74. The van der Waals surface area contributed by atoms with Crippen LogP contribution in [0.5, 0.6) is 11.5 Å². The summed E-state index contributed by atoms with van der Waals surface area (Å²) in [5.41, 5.74) is -3.01. The average molecular weight is 741 g/mol. The van der Waals surface area contributed by atoms with Gasteiger partial charge in [-0.1, -0.05) is 12.1 Å². The number of phenols is 1. The number of benzene rings is 2. The SMILES string of the molecule is COC12Oc3c4c(cc(C)c3C3O[C@](C(C)OC5CC(C)(O)C(OC6CC(C)(O)C(O)C(C)O6)C(C)O5)(OC31)C21CO1)C(=O)c1cccc(O)c1C4=O.